The fourth-order valence-corrected chi connectivity index (χ4v) is 1.40. The molecule has 0 unspecified atom stereocenters. The molecule has 0 saturated heterocycles. The first-order valence-corrected chi connectivity index (χ1v) is 5.41. The number of Topliss-reactive ketones (excluding diaryl/α,β-unsaturated/α-hetero) is 1. The number of rotatable bonds is 7. The molecule has 0 aromatic carbocycles. The van der Waals surface area contributed by atoms with Crippen LogP contribution >= 0.6 is 11.6 Å². The highest BCUT2D eigenvalue weighted by Crippen LogP contribution is 2.07. The first-order chi connectivity index (χ1) is 6.11. The number of hydrogen-bond acceptors (Lipinski definition) is 2. The van der Waals surface area contributed by atoms with Gasteiger partial charge in [0.1, 0.15) is 5.78 Å². The van der Waals surface area contributed by atoms with Gasteiger partial charge < -0.3 is 5.32 Å². The first kappa shape index (κ1) is 12.9. The van der Waals surface area contributed by atoms with Gasteiger partial charge >= 0.3 is 0 Å². The molecule has 0 radical (unpaired) electrons. The summed E-state index contributed by atoms with van der Waals surface area (Å²) in [6, 6.07) is -0.0451. The van der Waals surface area contributed by atoms with Crippen LogP contribution in [0.2, 0.25) is 0 Å². The number of carbonyl (C=O) groups is 1. The lowest BCUT2D eigenvalue weighted by molar-refractivity contribution is -0.121. The molecule has 0 heterocycles. The molecule has 0 aliphatic heterocycles. The summed E-state index contributed by atoms with van der Waals surface area (Å²) in [5.74, 6) is 1.42. The highest BCUT2D eigenvalue weighted by Gasteiger charge is 2.15. The largest absolute Gasteiger partial charge is 0.311 e. The lowest BCUT2D eigenvalue weighted by Gasteiger charge is -2.13. The minimum Gasteiger partial charge on any atom is -0.311 e. The van der Waals surface area contributed by atoms with Gasteiger partial charge in [0.05, 0.1) is 6.04 Å². The molecule has 78 valence electrons. The Labute approximate surface area is 86.0 Å². The molecule has 0 spiro atoms. The van der Waals surface area contributed by atoms with Crippen molar-refractivity contribution >= 4 is 17.4 Å². The van der Waals surface area contributed by atoms with E-state index in [0.717, 1.165) is 12.8 Å². The van der Waals surface area contributed by atoms with Gasteiger partial charge in [-0.1, -0.05) is 13.8 Å². The summed E-state index contributed by atoms with van der Waals surface area (Å²) in [5.41, 5.74) is 0. The third-order valence-corrected chi connectivity index (χ3v) is 2.32. The Balaban J connectivity index is 3.77. The standard InChI is InChI=1S/C10H20ClNO/c1-8(2)4-5-10(13)9(12-3)6-7-11/h8-9,12H,4-7H2,1-3H3/t9-/m0/s1. The van der Waals surface area contributed by atoms with Crippen molar-refractivity contribution in [3.05, 3.63) is 0 Å². The molecular weight excluding hydrogens is 186 g/mol. The molecule has 1 atom stereocenters. The summed E-state index contributed by atoms with van der Waals surface area (Å²) in [6.45, 7) is 4.26. The smallest absolute Gasteiger partial charge is 0.149 e. The number of hydrogen-bond donors (Lipinski definition) is 1. The summed E-state index contributed by atoms with van der Waals surface area (Å²) in [5, 5.41) is 2.99. The number of halogens is 1. The Morgan fingerprint density at radius 3 is 2.38 bits per heavy atom. The second-order valence-corrected chi connectivity index (χ2v) is 4.10. The van der Waals surface area contributed by atoms with Crippen molar-refractivity contribution in [2.75, 3.05) is 12.9 Å². The highest BCUT2D eigenvalue weighted by atomic mass is 35.5. The summed E-state index contributed by atoms with van der Waals surface area (Å²) in [6.07, 6.45) is 2.37. The summed E-state index contributed by atoms with van der Waals surface area (Å²) in [7, 11) is 1.81. The average Bonchev–Trinajstić information content (AvgIpc) is 2.10. The van der Waals surface area contributed by atoms with Gasteiger partial charge in [-0.2, -0.15) is 0 Å². The third kappa shape index (κ3) is 6.05. The highest BCUT2D eigenvalue weighted by molar-refractivity contribution is 6.18. The fraction of sp³-hybridized carbons (Fsp3) is 0.900. The topological polar surface area (TPSA) is 29.1 Å². The molecule has 0 aromatic rings. The van der Waals surface area contributed by atoms with Crippen LogP contribution in [0.3, 0.4) is 0 Å². The number of ketones is 1. The Bertz CT molecular complexity index is 148. The van der Waals surface area contributed by atoms with Crippen LogP contribution < -0.4 is 5.32 Å². The Kier molecular flexibility index (Phi) is 7.29. The van der Waals surface area contributed by atoms with Crippen LogP contribution in [-0.2, 0) is 4.79 Å². The van der Waals surface area contributed by atoms with Gasteiger partial charge in [-0.3, -0.25) is 4.79 Å². The number of likely N-dealkylation sites (N-methyl/N-ethyl adjacent to an activating group) is 1. The maximum absolute atomic E-state index is 11.5. The summed E-state index contributed by atoms with van der Waals surface area (Å²) >= 11 is 5.59. The van der Waals surface area contributed by atoms with E-state index in [-0.39, 0.29) is 11.8 Å². The number of carbonyl (C=O) groups excluding carboxylic acids is 1. The van der Waals surface area contributed by atoms with Crippen LogP contribution in [0, 0.1) is 5.92 Å². The molecular formula is C10H20ClNO. The van der Waals surface area contributed by atoms with Gasteiger partial charge in [0.2, 0.25) is 0 Å². The Morgan fingerprint density at radius 1 is 1.38 bits per heavy atom. The zero-order chi connectivity index (χ0) is 10.3. The molecule has 1 N–H and O–H groups in total. The zero-order valence-corrected chi connectivity index (χ0v) is 9.53. The number of alkyl halides is 1. The summed E-state index contributed by atoms with van der Waals surface area (Å²) < 4.78 is 0. The van der Waals surface area contributed by atoms with Crippen molar-refractivity contribution in [3.8, 4) is 0 Å². The lowest BCUT2D eigenvalue weighted by atomic mass is 10.0. The minimum absolute atomic E-state index is 0.0451. The van der Waals surface area contributed by atoms with E-state index in [0.29, 0.717) is 18.2 Å². The van der Waals surface area contributed by atoms with E-state index in [9.17, 15) is 4.79 Å². The van der Waals surface area contributed by atoms with Crippen LogP contribution in [0.5, 0.6) is 0 Å². The maximum atomic E-state index is 11.5. The molecule has 0 amide bonds. The van der Waals surface area contributed by atoms with Crippen molar-refractivity contribution < 1.29 is 4.79 Å². The van der Waals surface area contributed by atoms with Gasteiger partial charge in [0.15, 0.2) is 0 Å². The van der Waals surface area contributed by atoms with Crippen molar-refractivity contribution in [2.24, 2.45) is 5.92 Å². The van der Waals surface area contributed by atoms with Crippen LogP contribution in [0.25, 0.3) is 0 Å². The Morgan fingerprint density at radius 2 is 2.00 bits per heavy atom. The van der Waals surface area contributed by atoms with E-state index in [4.69, 9.17) is 11.6 Å². The molecule has 13 heavy (non-hydrogen) atoms. The van der Waals surface area contributed by atoms with E-state index in [1.807, 2.05) is 7.05 Å². The predicted molar refractivity (Wildman–Crippen MR) is 57.3 cm³/mol. The minimum atomic E-state index is -0.0451. The van der Waals surface area contributed by atoms with Gasteiger partial charge in [-0.05, 0) is 25.8 Å². The SMILES string of the molecule is CN[C@@H](CCCl)C(=O)CCC(C)C. The van der Waals surface area contributed by atoms with Crippen LogP contribution in [-0.4, -0.2) is 24.8 Å². The first-order valence-electron chi connectivity index (χ1n) is 4.87. The Hall–Kier alpha value is -0.0800. The fourth-order valence-electron chi connectivity index (χ4n) is 1.18. The molecule has 0 aliphatic carbocycles. The van der Waals surface area contributed by atoms with Crippen molar-refractivity contribution in [2.45, 2.75) is 39.2 Å². The molecule has 3 heteroatoms. The zero-order valence-electron chi connectivity index (χ0n) is 8.77. The van der Waals surface area contributed by atoms with Crippen molar-refractivity contribution in [1.29, 1.82) is 0 Å². The monoisotopic (exact) mass is 205 g/mol. The molecule has 0 fully saturated rings. The molecule has 2 nitrogen and oxygen atoms in total. The van der Waals surface area contributed by atoms with E-state index < -0.39 is 0 Å². The average molecular weight is 206 g/mol. The van der Waals surface area contributed by atoms with Crippen LogP contribution in [0.4, 0.5) is 0 Å². The third-order valence-electron chi connectivity index (χ3n) is 2.10. The van der Waals surface area contributed by atoms with Gasteiger partial charge in [0.25, 0.3) is 0 Å². The van der Waals surface area contributed by atoms with Gasteiger partial charge in [-0.15, -0.1) is 11.6 Å². The van der Waals surface area contributed by atoms with Gasteiger partial charge in [0, 0.05) is 12.3 Å². The van der Waals surface area contributed by atoms with Crippen LogP contribution in [0.15, 0.2) is 0 Å². The maximum Gasteiger partial charge on any atom is 0.149 e. The number of nitrogens with one attached hydrogen (secondary N) is 1. The van der Waals surface area contributed by atoms with Crippen molar-refractivity contribution in [3.63, 3.8) is 0 Å². The molecule has 0 aromatic heterocycles. The quantitative estimate of drug-likeness (QED) is 0.646. The van der Waals surface area contributed by atoms with Gasteiger partial charge in [-0.25, -0.2) is 0 Å². The van der Waals surface area contributed by atoms with E-state index in [2.05, 4.69) is 19.2 Å². The second-order valence-electron chi connectivity index (χ2n) is 3.72. The second kappa shape index (κ2) is 7.34. The van der Waals surface area contributed by atoms with E-state index in [1.165, 1.54) is 0 Å². The van der Waals surface area contributed by atoms with E-state index >= 15 is 0 Å². The molecule has 0 rings (SSSR count). The molecule has 0 saturated carbocycles. The van der Waals surface area contributed by atoms with Crippen LogP contribution in [0.1, 0.15) is 33.1 Å². The molecule has 0 bridgehead atoms. The lowest BCUT2D eigenvalue weighted by Crippen LogP contribution is -2.34. The van der Waals surface area contributed by atoms with E-state index in [1.54, 1.807) is 0 Å². The summed E-state index contributed by atoms with van der Waals surface area (Å²) in [4.78, 5) is 11.5. The molecule has 0 aliphatic rings. The predicted octanol–water partition coefficient (Wildman–Crippen LogP) is 2.21. The van der Waals surface area contributed by atoms with Crippen molar-refractivity contribution in [1.82, 2.24) is 5.32 Å². The normalized spacial score (nSPS) is 13.3.